The lowest BCUT2D eigenvalue weighted by Gasteiger charge is -2.12. The molecule has 0 bridgehead atoms. The van der Waals surface area contributed by atoms with Crippen molar-refractivity contribution in [3.8, 4) is 0 Å². The quantitative estimate of drug-likeness (QED) is 0.317. The third-order valence-corrected chi connectivity index (χ3v) is 3.15. The Labute approximate surface area is 138 Å². The fraction of sp³-hybridized carbons (Fsp3) is 0.625. The molecule has 5 nitrogen and oxygen atoms in total. The first-order valence-corrected chi connectivity index (χ1v) is 8.12. The third kappa shape index (κ3) is 8.85. The highest BCUT2D eigenvalue weighted by molar-refractivity contribution is 6.29. The molecule has 1 heterocycles. The van der Waals surface area contributed by atoms with Gasteiger partial charge in [-0.05, 0) is 30.4 Å². The van der Waals surface area contributed by atoms with Crippen molar-refractivity contribution in [3.05, 3.63) is 29.0 Å². The lowest BCUT2D eigenvalue weighted by molar-refractivity contribution is 0.108. The molecule has 0 saturated carbocycles. The maximum absolute atomic E-state index is 5.76. The molecule has 22 heavy (non-hydrogen) atoms. The van der Waals surface area contributed by atoms with Gasteiger partial charge in [-0.1, -0.05) is 31.5 Å². The minimum atomic E-state index is 0.522. The zero-order valence-electron chi connectivity index (χ0n) is 13.7. The van der Waals surface area contributed by atoms with Gasteiger partial charge in [-0.25, -0.2) is 4.98 Å². The standard InChI is InChI=1S/C16H27ClN4O/c1-13(2)12-22-10-4-8-19-16(18-3)20-9-7-14-5-6-15(17)21-11-14/h5-6,11,13H,4,7-10,12H2,1-3H3,(H2,18,19,20). The van der Waals surface area contributed by atoms with Crippen molar-refractivity contribution in [2.75, 3.05) is 33.4 Å². The van der Waals surface area contributed by atoms with E-state index in [-0.39, 0.29) is 0 Å². The summed E-state index contributed by atoms with van der Waals surface area (Å²) in [5.74, 6) is 1.40. The first-order chi connectivity index (χ1) is 10.6. The summed E-state index contributed by atoms with van der Waals surface area (Å²) >= 11 is 5.76. The molecule has 0 atom stereocenters. The van der Waals surface area contributed by atoms with Gasteiger partial charge in [-0.2, -0.15) is 0 Å². The van der Waals surface area contributed by atoms with Crippen LogP contribution in [0.25, 0.3) is 0 Å². The van der Waals surface area contributed by atoms with E-state index in [4.69, 9.17) is 16.3 Å². The van der Waals surface area contributed by atoms with Gasteiger partial charge in [0.2, 0.25) is 0 Å². The Hall–Kier alpha value is -1.33. The van der Waals surface area contributed by atoms with E-state index in [0.29, 0.717) is 11.1 Å². The van der Waals surface area contributed by atoms with Gasteiger partial charge in [-0.3, -0.25) is 4.99 Å². The first kappa shape index (κ1) is 18.7. The van der Waals surface area contributed by atoms with Gasteiger partial charge in [0, 0.05) is 39.5 Å². The number of rotatable bonds is 9. The second-order valence-corrected chi connectivity index (χ2v) is 5.87. The number of aliphatic imine (C=N–C) groups is 1. The lowest BCUT2D eigenvalue weighted by atomic mass is 10.2. The summed E-state index contributed by atoms with van der Waals surface area (Å²) in [4.78, 5) is 8.26. The number of ether oxygens (including phenoxy) is 1. The molecule has 0 aliphatic heterocycles. The van der Waals surface area contributed by atoms with Crippen LogP contribution in [0.3, 0.4) is 0 Å². The highest BCUT2D eigenvalue weighted by Gasteiger charge is 1.99. The van der Waals surface area contributed by atoms with E-state index in [1.807, 2.05) is 6.07 Å². The van der Waals surface area contributed by atoms with Crippen LogP contribution in [0.5, 0.6) is 0 Å². The Morgan fingerprint density at radius 2 is 2.09 bits per heavy atom. The average molecular weight is 327 g/mol. The SMILES string of the molecule is CN=C(NCCCOCC(C)C)NCCc1ccc(Cl)nc1. The average Bonchev–Trinajstić information content (AvgIpc) is 2.50. The van der Waals surface area contributed by atoms with Gasteiger partial charge in [0.1, 0.15) is 5.15 Å². The normalized spacial score (nSPS) is 11.8. The number of hydrogen-bond donors (Lipinski definition) is 2. The molecule has 0 spiro atoms. The second-order valence-electron chi connectivity index (χ2n) is 5.49. The van der Waals surface area contributed by atoms with Crippen molar-refractivity contribution >= 4 is 17.6 Å². The molecule has 0 aliphatic carbocycles. The van der Waals surface area contributed by atoms with E-state index >= 15 is 0 Å². The van der Waals surface area contributed by atoms with Crippen LogP contribution in [0.1, 0.15) is 25.8 Å². The Kier molecular flexibility index (Phi) is 9.59. The van der Waals surface area contributed by atoms with Crippen molar-refractivity contribution in [2.45, 2.75) is 26.7 Å². The lowest BCUT2D eigenvalue weighted by Crippen LogP contribution is -2.39. The number of nitrogens with zero attached hydrogens (tertiary/aromatic N) is 2. The summed E-state index contributed by atoms with van der Waals surface area (Å²) < 4.78 is 5.54. The Morgan fingerprint density at radius 3 is 2.73 bits per heavy atom. The van der Waals surface area contributed by atoms with Crippen molar-refractivity contribution in [2.24, 2.45) is 10.9 Å². The minimum Gasteiger partial charge on any atom is -0.381 e. The minimum absolute atomic E-state index is 0.522. The summed E-state index contributed by atoms with van der Waals surface area (Å²) in [6.07, 6.45) is 3.64. The van der Waals surface area contributed by atoms with Gasteiger partial charge in [-0.15, -0.1) is 0 Å². The number of guanidine groups is 1. The maximum atomic E-state index is 5.76. The van der Waals surface area contributed by atoms with Crippen LogP contribution in [0.2, 0.25) is 5.15 Å². The van der Waals surface area contributed by atoms with Crippen molar-refractivity contribution in [1.29, 1.82) is 0 Å². The summed E-state index contributed by atoms with van der Waals surface area (Å²) in [5.41, 5.74) is 1.15. The number of aromatic nitrogens is 1. The molecule has 1 aromatic heterocycles. The molecule has 2 N–H and O–H groups in total. The zero-order valence-corrected chi connectivity index (χ0v) is 14.5. The van der Waals surface area contributed by atoms with Crippen LogP contribution in [-0.2, 0) is 11.2 Å². The summed E-state index contributed by atoms with van der Waals surface area (Å²) in [6, 6.07) is 3.79. The molecule has 0 unspecified atom stereocenters. The van der Waals surface area contributed by atoms with Crippen molar-refractivity contribution in [3.63, 3.8) is 0 Å². The summed E-state index contributed by atoms with van der Waals surface area (Å²) in [6.45, 7) is 7.55. The van der Waals surface area contributed by atoms with E-state index in [0.717, 1.165) is 50.7 Å². The first-order valence-electron chi connectivity index (χ1n) is 7.74. The van der Waals surface area contributed by atoms with Gasteiger partial charge < -0.3 is 15.4 Å². The smallest absolute Gasteiger partial charge is 0.190 e. The molecule has 0 fully saturated rings. The van der Waals surface area contributed by atoms with Gasteiger partial charge in [0.25, 0.3) is 0 Å². The van der Waals surface area contributed by atoms with Crippen LogP contribution < -0.4 is 10.6 Å². The number of halogens is 1. The molecule has 0 aromatic carbocycles. The molecule has 0 saturated heterocycles. The van der Waals surface area contributed by atoms with Crippen LogP contribution in [-0.4, -0.2) is 44.3 Å². The Bertz CT molecular complexity index is 434. The fourth-order valence-electron chi connectivity index (χ4n) is 1.80. The second kappa shape index (κ2) is 11.3. The van der Waals surface area contributed by atoms with E-state index < -0.39 is 0 Å². The molecule has 0 radical (unpaired) electrons. The fourth-order valence-corrected chi connectivity index (χ4v) is 1.91. The number of nitrogens with one attached hydrogen (secondary N) is 2. The Morgan fingerprint density at radius 1 is 1.32 bits per heavy atom. The van der Waals surface area contributed by atoms with E-state index in [2.05, 4.69) is 34.5 Å². The van der Waals surface area contributed by atoms with Crippen LogP contribution in [0.4, 0.5) is 0 Å². The Balaban J connectivity index is 2.11. The highest BCUT2D eigenvalue weighted by atomic mass is 35.5. The van der Waals surface area contributed by atoms with Gasteiger partial charge in [0.15, 0.2) is 5.96 Å². The van der Waals surface area contributed by atoms with E-state index in [9.17, 15) is 0 Å². The highest BCUT2D eigenvalue weighted by Crippen LogP contribution is 2.05. The molecule has 6 heteroatoms. The largest absolute Gasteiger partial charge is 0.381 e. The summed E-state index contributed by atoms with van der Waals surface area (Å²) in [5, 5.41) is 7.08. The molecule has 1 aromatic rings. The molecular weight excluding hydrogens is 300 g/mol. The molecule has 124 valence electrons. The molecule has 1 rings (SSSR count). The monoisotopic (exact) mass is 326 g/mol. The van der Waals surface area contributed by atoms with Crippen LogP contribution >= 0.6 is 11.6 Å². The topological polar surface area (TPSA) is 58.5 Å². The zero-order chi connectivity index (χ0) is 16.2. The van der Waals surface area contributed by atoms with Gasteiger partial charge >= 0.3 is 0 Å². The summed E-state index contributed by atoms with van der Waals surface area (Å²) in [7, 11) is 1.77. The maximum Gasteiger partial charge on any atom is 0.190 e. The third-order valence-electron chi connectivity index (χ3n) is 2.93. The predicted molar refractivity (Wildman–Crippen MR) is 92.6 cm³/mol. The van der Waals surface area contributed by atoms with Crippen molar-refractivity contribution < 1.29 is 4.74 Å². The molecule has 0 amide bonds. The number of hydrogen-bond acceptors (Lipinski definition) is 3. The van der Waals surface area contributed by atoms with Crippen LogP contribution in [0, 0.1) is 5.92 Å². The van der Waals surface area contributed by atoms with E-state index in [1.54, 1.807) is 19.3 Å². The van der Waals surface area contributed by atoms with Crippen molar-refractivity contribution in [1.82, 2.24) is 15.6 Å². The number of pyridine rings is 1. The predicted octanol–water partition coefficient (Wildman–Crippen LogP) is 2.51. The van der Waals surface area contributed by atoms with Crippen LogP contribution in [0.15, 0.2) is 23.3 Å². The molecular formula is C16H27ClN4O. The van der Waals surface area contributed by atoms with E-state index in [1.165, 1.54) is 0 Å². The van der Waals surface area contributed by atoms with Gasteiger partial charge in [0.05, 0.1) is 0 Å². The molecule has 0 aliphatic rings.